The van der Waals surface area contributed by atoms with E-state index in [9.17, 15) is 4.79 Å². The normalized spacial score (nSPS) is 24.9. The van der Waals surface area contributed by atoms with Gasteiger partial charge in [-0.15, -0.1) is 0 Å². The molecule has 1 atom stereocenters. The van der Waals surface area contributed by atoms with Crippen LogP contribution < -0.4 is 0 Å². The molecule has 2 aliphatic rings. The van der Waals surface area contributed by atoms with E-state index in [0.717, 1.165) is 25.9 Å². The van der Waals surface area contributed by atoms with E-state index >= 15 is 0 Å². The van der Waals surface area contributed by atoms with E-state index in [1.165, 1.54) is 44.3 Å². The Bertz CT molecular complexity index is 542. The Kier molecular flexibility index (Phi) is 5.60. The highest BCUT2D eigenvalue weighted by atomic mass is 16.2. The van der Waals surface area contributed by atoms with E-state index in [-0.39, 0.29) is 11.5 Å². The van der Waals surface area contributed by atoms with Crippen molar-refractivity contribution in [3.63, 3.8) is 0 Å². The molecule has 1 amide bonds. The van der Waals surface area contributed by atoms with Crippen LogP contribution in [0.4, 0.5) is 0 Å². The lowest BCUT2D eigenvalue weighted by Crippen LogP contribution is -2.57. The number of benzene rings is 1. The molecule has 132 valence electrons. The molecule has 1 aromatic rings. The summed E-state index contributed by atoms with van der Waals surface area (Å²) in [6, 6.07) is 10.8. The van der Waals surface area contributed by atoms with Crippen LogP contribution >= 0.6 is 0 Å². The number of hydrogen-bond donors (Lipinski definition) is 0. The number of rotatable bonds is 5. The fourth-order valence-corrected chi connectivity index (χ4v) is 4.59. The summed E-state index contributed by atoms with van der Waals surface area (Å²) < 4.78 is 0. The molecule has 1 spiro atoms. The number of nitrogens with zero attached hydrogens (tertiary/aromatic N) is 2. The molecule has 2 saturated heterocycles. The number of carbonyl (C=O) groups is 1. The van der Waals surface area contributed by atoms with E-state index in [0.29, 0.717) is 5.91 Å². The summed E-state index contributed by atoms with van der Waals surface area (Å²) in [6.07, 6.45) is 7.34. The molecule has 0 bridgehead atoms. The van der Waals surface area contributed by atoms with Gasteiger partial charge in [0, 0.05) is 24.5 Å². The van der Waals surface area contributed by atoms with Gasteiger partial charge >= 0.3 is 0 Å². The minimum atomic E-state index is 0.119. The van der Waals surface area contributed by atoms with Crippen LogP contribution in [0.3, 0.4) is 0 Å². The van der Waals surface area contributed by atoms with Crippen molar-refractivity contribution < 1.29 is 4.79 Å². The minimum absolute atomic E-state index is 0.119. The lowest BCUT2D eigenvalue weighted by Gasteiger charge is -2.46. The van der Waals surface area contributed by atoms with Crippen molar-refractivity contribution >= 4 is 5.91 Å². The zero-order valence-electron chi connectivity index (χ0n) is 15.3. The average Bonchev–Trinajstić information content (AvgIpc) is 2.97. The fraction of sp³-hybridized carbons (Fsp3) is 0.667. The molecule has 3 nitrogen and oxygen atoms in total. The molecule has 0 aliphatic carbocycles. The molecule has 0 radical (unpaired) electrons. The van der Waals surface area contributed by atoms with E-state index in [1.807, 2.05) is 13.8 Å². The lowest BCUT2D eigenvalue weighted by molar-refractivity contribution is -0.138. The van der Waals surface area contributed by atoms with Gasteiger partial charge in [0.25, 0.3) is 0 Å². The minimum Gasteiger partial charge on any atom is -0.341 e. The highest BCUT2D eigenvalue weighted by Gasteiger charge is 2.44. The highest BCUT2D eigenvalue weighted by Crippen LogP contribution is 2.37. The second kappa shape index (κ2) is 7.69. The van der Waals surface area contributed by atoms with Gasteiger partial charge < -0.3 is 4.90 Å². The summed E-state index contributed by atoms with van der Waals surface area (Å²) >= 11 is 0. The van der Waals surface area contributed by atoms with Gasteiger partial charge in [-0.1, -0.05) is 44.2 Å². The molecule has 0 aromatic heterocycles. The number of likely N-dealkylation sites (tertiary alicyclic amines) is 2. The van der Waals surface area contributed by atoms with Crippen molar-refractivity contribution in [3.8, 4) is 0 Å². The summed E-state index contributed by atoms with van der Waals surface area (Å²) in [6.45, 7) is 8.33. The molecule has 0 N–H and O–H groups in total. The first-order valence-corrected chi connectivity index (χ1v) is 9.68. The molecule has 0 saturated carbocycles. The summed E-state index contributed by atoms with van der Waals surface area (Å²) in [7, 11) is 0. The maximum Gasteiger partial charge on any atom is 0.225 e. The predicted molar refractivity (Wildman–Crippen MR) is 99.0 cm³/mol. The summed E-state index contributed by atoms with van der Waals surface area (Å²) in [4.78, 5) is 17.3. The third kappa shape index (κ3) is 3.83. The molecule has 24 heavy (non-hydrogen) atoms. The molecular formula is C21H32N2O. The maximum atomic E-state index is 12.5. The quantitative estimate of drug-likeness (QED) is 0.822. The molecule has 2 fully saturated rings. The number of amides is 1. The van der Waals surface area contributed by atoms with Crippen LogP contribution in [0, 0.1) is 5.92 Å². The van der Waals surface area contributed by atoms with Gasteiger partial charge in [-0.2, -0.15) is 0 Å². The molecule has 3 heteroatoms. The lowest BCUT2D eigenvalue weighted by atomic mass is 9.85. The van der Waals surface area contributed by atoms with Crippen molar-refractivity contribution in [2.75, 3.05) is 26.2 Å². The number of hydrogen-bond acceptors (Lipinski definition) is 2. The van der Waals surface area contributed by atoms with Crippen molar-refractivity contribution in [1.82, 2.24) is 9.80 Å². The Labute approximate surface area is 147 Å². The van der Waals surface area contributed by atoms with Crippen LogP contribution in [0.5, 0.6) is 0 Å². The van der Waals surface area contributed by atoms with Gasteiger partial charge in [0.05, 0.1) is 0 Å². The van der Waals surface area contributed by atoms with E-state index in [4.69, 9.17) is 0 Å². The molecule has 2 heterocycles. The first kappa shape index (κ1) is 17.5. The van der Waals surface area contributed by atoms with Gasteiger partial charge in [-0.05, 0) is 57.2 Å². The molecule has 0 unspecified atom stereocenters. The zero-order chi connectivity index (χ0) is 17.0. The van der Waals surface area contributed by atoms with Gasteiger partial charge in [-0.3, -0.25) is 9.69 Å². The van der Waals surface area contributed by atoms with E-state index < -0.39 is 0 Å². The Morgan fingerprint density at radius 1 is 1.12 bits per heavy atom. The van der Waals surface area contributed by atoms with E-state index in [2.05, 4.69) is 40.1 Å². The predicted octanol–water partition coefficient (Wildman–Crippen LogP) is 3.73. The maximum absolute atomic E-state index is 12.5. The summed E-state index contributed by atoms with van der Waals surface area (Å²) in [5, 5.41) is 0. The van der Waals surface area contributed by atoms with Crippen molar-refractivity contribution in [2.24, 2.45) is 5.92 Å². The SMILES string of the molecule is CC(C)C(=O)N1CCC[C@@]2(CCCN2CCCc2ccccc2)C1. The Morgan fingerprint density at radius 2 is 1.83 bits per heavy atom. The Morgan fingerprint density at radius 3 is 2.54 bits per heavy atom. The second-order valence-corrected chi connectivity index (χ2v) is 7.92. The summed E-state index contributed by atoms with van der Waals surface area (Å²) in [5.74, 6) is 0.457. The molecule has 1 aromatic carbocycles. The van der Waals surface area contributed by atoms with Crippen LogP contribution in [0.25, 0.3) is 0 Å². The molecular weight excluding hydrogens is 296 g/mol. The standard InChI is InChI=1S/C21H32N2O/c1-18(2)20(24)22-14-7-12-21(17-22)13-8-16-23(21)15-6-11-19-9-4-3-5-10-19/h3-5,9-10,18H,6-8,11-17H2,1-2H3/t21-/m1/s1. The molecule has 3 rings (SSSR count). The van der Waals surface area contributed by atoms with Crippen LogP contribution in [-0.4, -0.2) is 47.4 Å². The average molecular weight is 328 g/mol. The first-order valence-electron chi connectivity index (χ1n) is 9.68. The van der Waals surface area contributed by atoms with Crippen molar-refractivity contribution in [3.05, 3.63) is 35.9 Å². The third-order valence-corrected chi connectivity index (χ3v) is 5.84. The van der Waals surface area contributed by atoms with Gasteiger partial charge in [-0.25, -0.2) is 0 Å². The smallest absolute Gasteiger partial charge is 0.225 e. The molecule has 2 aliphatic heterocycles. The third-order valence-electron chi connectivity index (χ3n) is 5.84. The van der Waals surface area contributed by atoms with Crippen LogP contribution in [0.2, 0.25) is 0 Å². The first-order chi connectivity index (χ1) is 11.6. The topological polar surface area (TPSA) is 23.6 Å². The fourth-order valence-electron chi connectivity index (χ4n) is 4.59. The number of aryl methyl sites for hydroxylation is 1. The van der Waals surface area contributed by atoms with Crippen LogP contribution in [0.1, 0.15) is 51.5 Å². The van der Waals surface area contributed by atoms with E-state index in [1.54, 1.807) is 0 Å². The Hall–Kier alpha value is -1.35. The monoisotopic (exact) mass is 328 g/mol. The summed E-state index contributed by atoms with van der Waals surface area (Å²) in [5.41, 5.74) is 1.70. The number of carbonyl (C=O) groups excluding carboxylic acids is 1. The van der Waals surface area contributed by atoms with Crippen LogP contribution in [-0.2, 0) is 11.2 Å². The van der Waals surface area contributed by atoms with Gasteiger partial charge in [0.2, 0.25) is 5.91 Å². The van der Waals surface area contributed by atoms with Crippen molar-refractivity contribution in [1.29, 1.82) is 0 Å². The van der Waals surface area contributed by atoms with Gasteiger partial charge in [0.1, 0.15) is 0 Å². The Balaban J connectivity index is 1.58. The van der Waals surface area contributed by atoms with Crippen molar-refractivity contribution in [2.45, 2.75) is 57.9 Å². The largest absolute Gasteiger partial charge is 0.341 e. The highest BCUT2D eigenvalue weighted by molar-refractivity contribution is 5.78. The zero-order valence-corrected chi connectivity index (χ0v) is 15.3. The van der Waals surface area contributed by atoms with Gasteiger partial charge in [0.15, 0.2) is 0 Å². The second-order valence-electron chi connectivity index (χ2n) is 7.92. The van der Waals surface area contributed by atoms with Crippen LogP contribution in [0.15, 0.2) is 30.3 Å². The number of piperidine rings is 1.